The van der Waals surface area contributed by atoms with Gasteiger partial charge in [-0.05, 0) is 31.1 Å². The third-order valence-corrected chi connectivity index (χ3v) is 3.51. The third kappa shape index (κ3) is 6.08. The second kappa shape index (κ2) is 6.92. The molecule has 0 N–H and O–H groups in total. The predicted octanol–water partition coefficient (Wildman–Crippen LogP) is 4.59. The van der Waals surface area contributed by atoms with E-state index in [4.69, 9.17) is 9.16 Å². The van der Waals surface area contributed by atoms with E-state index in [0.717, 1.165) is 5.76 Å². The monoisotopic (exact) mass is 278 g/mol. The Bertz CT molecular complexity index is 393. The number of rotatable bonds is 7. The van der Waals surface area contributed by atoms with Crippen LogP contribution in [0.25, 0.3) is 0 Å². The molecular weight excluding hydrogens is 252 g/mol. The van der Waals surface area contributed by atoms with Crippen molar-refractivity contribution in [3.8, 4) is 0 Å². The van der Waals surface area contributed by atoms with Crippen LogP contribution in [-0.2, 0) is 15.8 Å². The minimum absolute atomic E-state index is 0.0491. The van der Waals surface area contributed by atoms with Crippen molar-refractivity contribution in [3.63, 3.8) is 0 Å². The highest BCUT2D eigenvalue weighted by Gasteiger charge is 2.24. The van der Waals surface area contributed by atoms with Crippen molar-refractivity contribution in [2.75, 3.05) is 0 Å². The standard InChI is InChI=1S/C16H26O2Si/c1-13(2)16(14(3)18-19(4,5)6)17-12-15-10-8-7-9-11-15/h7-11,13,16H,3,12H2,1-2,4-6H3. The zero-order valence-corrected chi connectivity index (χ0v) is 13.8. The fraction of sp³-hybridized carbons (Fsp3) is 0.500. The topological polar surface area (TPSA) is 18.5 Å². The van der Waals surface area contributed by atoms with E-state index in [0.29, 0.717) is 12.5 Å². The fourth-order valence-corrected chi connectivity index (χ4v) is 2.77. The summed E-state index contributed by atoms with van der Waals surface area (Å²) in [4.78, 5) is 0. The molecule has 0 bridgehead atoms. The minimum Gasteiger partial charge on any atom is -0.546 e. The van der Waals surface area contributed by atoms with E-state index in [1.54, 1.807) is 0 Å². The van der Waals surface area contributed by atoms with Gasteiger partial charge in [-0.25, -0.2) is 0 Å². The molecule has 0 saturated carbocycles. The van der Waals surface area contributed by atoms with Crippen molar-refractivity contribution >= 4 is 8.32 Å². The van der Waals surface area contributed by atoms with Gasteiger partial charge < -0.3 is 9.16 Å². The molecule has 0 fully saturated rings. The van der Waals surface area contributed by atoms with Crippen molar-refractivity contribution in [1.82, 2.24) is 0 Å². The highest BCUT2D eigenvalue weighted by molar-refractivity contribution is 6.70. The van der Waals surface area contributed by atoms with Gasteiger partial charge in [0.05, 0.1) is 6.61 Å². The average Bonchev–Trinajstić information content (AvgIpc) is 2.27. The van der Waals surface area contributed by atoms with Gasteiger partial charge >= 0.3 is 0 Å². The quantitative estimate of drug-likeness (QED) is 0.536. The molecule has 1 aromatic carbocycles. The first-order valence-corrected chi connectivity index (χ1v) is 10.2. The number of benzene rings is 1. The van der Waals surface area contributed by atoms with Crippen LogP contribution in [0, 0.1) is 5.92 Å². The summed E-state index contributed by atoms with van der Waals surface area (Å²) in [6.45, 7) is 15.4. The lowest BCUT2D eigenvalue weighted by atomic mass is 10.1. The molecular formula is C16H26O2Si. The largest absolute Gasteiger partial charge is 0.546 e. The number of hydrogen-bond donors (Lipinski definition) is 0. The summed E-state index contributed by atoms with van der Waals surface area (Å²) in [5, 5.41) is 0. The van der Waals surface area contributed by atoms with Crippen LogP contribution in [0.1, 0.15) is 19.4 Å². The molecule has 1 rings (SSSR count). The van der Waals surface area contributed by atoms with E-state index in [1.807, 2.05) is 18.2 Å². The summed E-state index contributed by atoms with van der Waals surface area (Å²) >= 11 is 0. The Morgan fingerprint density at radius 2 is 1.74 bits per heavy atom. The van der Waals surface area contributed by atoms with Crippen LogP contribution in [0.15, 0.2) is 42.7 Å². The molecule has 0 saturated heterocycles. The van der Waals surface area contributed by atoms with Crippen LogP contribution in [0.2, 0.25) is 19.6 Å². The summed E-state index contributed by atoms with van der Waals surface area (Å²) in [7, 11) is -1.62. The molecule has 0 aliphatic rings. The van der Waals surface area contributed by atoms with E-state index in [2.05, 4.69) is 52.2 Å². The molecule has 1 atom stereocenters. The lowest BCUT2D eigenvalue weighted by Crippen LogP contribution is -2.32. The average molecular weight is 278 g/mol. The maximum atomic E-state index is 5.99. The predicted molar refractivity (Wildman–Crippen MR) is 83.4 cm³/mol. The van der Waals surface area contributed by atoms with E-state index in [-0.39, 0.29) is 6.10 Å². The fourth-order valence-electron chi connectivity index (χ4n) is 1.87. The summed E-state index contributed by atoms with van der Waals surface area (Å²) < 4.78 is 12.0. The van der Waals surface area contributed by atoms with Crippen molar-refractivity contribution in [1.29, 1.82) is 0 Å². The minimum atomic E-state index is -1.62. The zero-order chi connectivity index (χ0) is 14.5. The van der Waals surface area contributed by atoms with E-state index in [9.17, 15) is 0 Å². The molecule has 0 aromatic heterocycles. The first kappa shape index (κ1) is 16.0. The van der Waals surface area contributed by atoms with Crippen molar-refractivity contribution in [2.24, 2.45) is 5.92 Å². The van der Waals surface area contributed by atoms with E-state index in [1.165, 1.54) is 5.56 Å². The molecule has 106 valence electrons. The van der Waals surface area contributed by atoms with Crippen LogP contribution in [0.4, 0.5) is 0 Å². The van der Waals surface area contributed by atoms with Gasteiger partial charge in [0.15, 0.2) is 0 Å². The second-order valence-electron chi connectivity index (χ2n) is 6.14. The smallest absolute Gasteiger partial charge is 0.241 e. The van der Waals surface area contributed by atoms with Crippen LogP contribution >= 0.6 is 0 Å². The highest BCUT2D eigenvalue weighted by atomic mass is 28.4. The van der Waals surface area contributed by atoms with Gasteiger partial charge in [-0.1, -0.05) is 50.8 Å². The molecule has 0 heterocycles. The van der Waals surface area contributed by atoms with Crippen LogP contribution in [0.5, 0.6) is 0 Å². The van der Waals surface area contributed by atoms with E-state index >= 15 is 0 Å². The van der Waals surface area contributed by atoms with Gasteiger partial charge in [-0.3, -0.25) is 0 Å². The molecule has 19 heavy (non-hydrogen) atoms. The van der Waals surface area contributed by atoms with Gasteiger partial charge in [0.1, 0.15) is 11.9 Å². The SMILES string of the molecule is C=C(O[Si](C)(C)C)C(OCc1ccccc1)C(C)C. The second-order valence-corrected chi connectivity index (χ2v) is 10.6. The van der Waals surface area contributed by atoms with Gasteiger partial charge in [-0.2, -0.15) is 0 Å². The summed E-state index contributed by atoms with van der Waals surface area (Å²) in [5.41, 5.74) is 1.17. The summed E-state index contributed by atoms with van der Waals surface area (Å²) in [6.07, 6.45) is -0.0491. The molecule has 1 unspecified atom stereocenters. The lowest BCUT2D eigenvalue weighted by molar-refractivity contribution is 0.0127. The van der Waals surface area contributed by atoms with Crippen molar-refractivity contribution in [3.05, 3.63) is 48.2 Å². The summed E-state index contributed by atoms with van der Waals surface area (Å²) in [5.74, 6) is 1.12. The maximum absolute atomic E-state index is 5.99. The molecule has 0 radical (unpaired) electrons. The molecule has 0 aliphatic carbocycles. The number of hydrogen-bond acceptors (Lipinski definition) is 2. The first-order chi connectivity index (χ1) is 8.79. The normalized spacial score (nSPS) is 13.4. The molecule has 0 spiro atoms. The summed E-state index contributed by atoms with van der Waals surface area (Å²) in [6, 6.07) is 10.2. The Hall–Kier alpha value is -1.06. The Kier molecular flexibility index (Phi) is 5.82. The molecule has 1 aromatic rings. The van der Waals surface area contributed by atoms with Gasteiger partial charge in [-0.15, -0.1) is 0 Å². The third-order valence-electron chi connectivity index (χ3n) is 2.63. The molecule has 3 heteroatoms. The van der Waals surface area contributed by atoms with E-state index < -0.39 is 8.32 Å². The van der Waals surface area contributed by atoms with Crippen molar-refractivity contribution < 1.29 is 9.16 Å². The Morgan fingerprint density at radius 1 is 1.16 bits per heavy atom. The Morgan fingerprint density at radius 3 is 2.21 bits per heavy atom. The zero-order valence-electron chi connectivity index (χ0n) is 12.8. The highest BCUT2D eigenvalue weighted by Crippen LogP contribution is 2.21. The first-order valence-electron chi connectivity index (χ1n) is 6.83. The lowest BCUT2D eigenvalue weighted by Gasteiger charge is -2.29. The molecule has 2 nitrogen and oxygen atoms in total. The van der Waals surface area contributed by atoms with Gasteiger partial charge in [0.25, 0.3) is 0 Å². The van der Waals surface area contributed by atoms with Crippen molar-refractivity contribution in [2.45, 2.75) is 46.2 Å². The van der Waals surface area contributed by atoms with Gasteiger partial charge in [0, 0.05) is 0 Å². The molecule has 0 aliphatic heterocycles. The maximum Gasteiger partial charge on any atom is 0.241 e. The number of ether oxygens (including phenoxy) is 1. The van der Waals surface area contributed by atoms with Gasteiger partial charge in [0.2, 0.25) is 8.32 Å². The Balaban J connectivity index is 2.61. The van der Waals surface area contributed by atoms with Crippen LogP contribution in [0.3, 0.4) is 0 Å². The Labute approximate surface area is 118 Å². The van der Waals surface area contributed by atoms with Crippen LogP contribution in [-0.4, -0.2) is 14.4 Å². The molecule has 0 amide bonds. The van der Waals surface area contributed by atoms with Crippen LogP contribution < -0.4 is 0 Å².